The van der Waals surface area contributed by atoms with Gasteiger partial charge in [0.2, 0.25) is 0 Å². The van der Waals surface area contributed by atoms with E-state index in [4.69, 9.17) is 0 Å². The predicted octanol–water partition coefficient (Wildman–Crippen LogP) is 3.32. The molecule has 0 N–H and O–H groups in total. The maximum Gasteiger partial charge on any atom is 0.0425 e. The number of aryl methyl sites for hydroxylation is 2. The molecule has 0 spiro atoms. The fourth-order valence-electron chi connectivity index (χ4n) is 1.76. The molecule has 0 atom stereocenters. The second-order valence-electron chi connectivity index (χ2n) is 3.69. The smallest absolute Gasteiger partial charge is 0.0425 e. The van der Waals surface area contributed by atoms with Crippen LogP contribution in [0.1, 0.15) is 18.1 Å². The number of hydrogen-bond acceptors (Lipinski definition) is 1. The van der Waals surface area contributed by atoms with E-state index in [1.165, 1.54) is 16.8 Å². The van der Waals surface area contributed by atoms with Crippen molar-refractivity contribution in [3.63, 3.8) is 0 Å². The molecule has 1 nitrogen and oxygen atoms in total. The highest BCUT2D eigenvalue weighted by Gasteiger charge is 2.05. The van der Waals surface area contributed by atoms with Gasteiger partial charge in [-0.2, -0.15) is 0 Å². The van der Waals surface area contributed by atoms with Gasteiger partial charge >= 0.3 is 0 Å². The number of anilines is 1. The highest BCUT2D eigenvalue weighted by atomic mass is 15.1. The van der Waals surface area contributed by atoms with Crippen LogP contribution in [0, 0.1) is 13.8 Å². The largest absolute Gasteiger partial charge is 0.370 e. The molecule has 0 aliphatic rings. The summed E-state index contributed by atoms with van der Waals surface area (Å²) in [5, 5.41) is 0. The minimum Gasteiger partial charge on any atom is -0.370 e. The van der Waals surface area contributed by atoms with Gasteiger partial charge in [-0.15, -0.1) is 0 Å². The first kappa shape index (κ1) is 10.8. The van der Waals surface area contributed by atoms with E-state index in [9.17, 15) is 0 Å². The van der Waals surface area contributed by atoms with Gasteiger partial charge in [-0.3, -0.25) is 0 Å². The monoisotopic (exact) mass is 189 g/mol. The SMILES string of the molecule is C/C=C/CN(C)c1c(C)cccc1C. The minimum atomic E-state index is 0.974. The molecule has 0 bridgehead atoms. The number of benzene rings is 1. The van der Waals surface area contributed by atoms with Gasteiger partial charge in [0.15, 0.2) is 0 Å². The number of nitrogens with zero attached hydrogens (tertiary/aromatic N) is 1. The highest BCUT2D eigenvalue weighted by Crippen LogP contribution is 2.22. The van der Waals surface area contributed by atoms with Crippen LogP contribution in [0.4, 0.5) is 5.69 Å². The summed E-state index contributed by atoms with van der Waals surface area (Å²) in [5.41, 5.74) is 4.04. The van der Waals surface area contributed by atoms with Gasteiger partial charge < -0.3 is 4.90 Å². The van der Waals surface area contributed by atoms with Crippen LogP contribution in [0.5, 0.6) is 0 Å². The number of hydrogen-bond donors (Lipinski definition) is 0. The Morgan fingerprint density at radius 3 is 2.29 bits per heavy atom. The van der Waals surface area contributed by atoms with E-state index in [0.29, 0.717) is 0 Å². The number of rotatable bonds is 3. The minimum absolute atomic E-state index is 0.974. The van der Waals surface area contributed by atoms with Crippen LogP contribution < -0.4 is 4.90 Å². The van der Waals surface area contributed by atoms with Gasteiger partial charge in [0.05, 0.1) is 0 Å². The molecule has 0 radical (unpaired) electrons. The van der Waals surface area contributed by atoms with Crippen molar-refractivity contribution in [2.24, 2.45) is 0 Å². The third kappa shape index (κ3) is 2.38. The quantitative estimate of drug-likeness (QED) is 0.659. The molecule has 0 fully saturated rings. The Morgan fingerprint density at radius 2 is 1.79 bits per heavy atom. The molecule has 0 heterocycles. The van der Waals surface area contributed by atoms with Gasteiger partial charge in [0, 0.05) is 19.3 Å². The molecule has 1 aromatic carbocycles. The lowest BCUT2D eigenvalue weighted by atomic mass is 10.1. The Kier molecular flexibility index (Phi) is 3.75. The van der Waals surface area contributed by atoms with Crippen LogP contribution in [0.15, 0.2) is 30.4 Å². The Labute approximate surface area is 87.1 Å². The van der Waals surface area contributed by atoms with E-state index in [-0.39, 0.29) is 0 Å². The summed E-state index contributed by atoms with van der Waals surface area (Å²) in [6.45, 7) is 7.35. The predicted molar refractivity (Wildman–Crippen MR) is 64.0 cm³/mol. The van der Waals surface area contributed by atoms with Crippen molar-refractivity contribution >= 4 is 5.69 Å². The average Bonchev–Trinajstić information content (AvgIpc) is 2.14. The highest BCUT2D eigenvalue weighted by molar-refractivity contribution is 5.58. The fraction of sp³-hybridized carbons (Fsp3) is 0.385. The molecule has 0 unspecified atom stereocenters. The summed E-state index contributed by atoms with van der Waals surface area (Å²) < 4.78 is 0. The molecular weight excluding hydrogens is 170 g/mol. The van der Waals surface area contributed by atoms with Crippen molar-refractivity contribution < 1.29 is 0 Å². The van der Waals surface area contributed by atoms with Gasteiger partial charge in [-0.05, 0) is 31.9 Å². The molecule has 0 aliphatic carbocycles. The fourth-order valence-corrected chi connectivity index (χ4v) is 1.76. The summed E-state index contributed by atoms with van der Waals surface area (Å²) in [7, 11) is 2.13. The van der Waals surface area contributed by atoms with Gasteiger partial charge in [0.25, 0.3) is 0 Å². The lowest BCUT2D eigenvalue weighted by molar-refractivity contribution is 1.01. The van der Waals surface area contributed by atoms with Crippen LogP contribution in [-0.4, -0.2) is 13.6 Å². The molecule has 0 aliphatic heterocycles. The Balaban J connectivity index is 2.93. The Hall–Kier alpha value is -1.24. The van der Waals surface area contributed by atoms with E-state index >= 15 is 0 Å². The third-order valence-electron chi connectivity index (χ3n) is 2.44. The van der Waals surface area contributed by atoms with E-state index < -0.39 is 0 Å². The van der Waals surface area contributed by atoms with Crippen molar-refractivity contribution in [3.05, 3.63) is 41.5 Å². The zero-order chi connectivity index (χ0) is 10.6. The molecule has 0 saturated carbocycles. The summed E-state index contributed by atoms with van der Waals surface area (Å²) in [5.74, 6) is 0. The maximum absolute atomic E-state index is 2.28. The topological polar surface area (TPSA) is 3.24 Å². The van der Waals surface area contributed by atoms with Crippen LogP contribution in [0.25, 0.3) is 0 Å². The molecule has 0 amide bonds. The van der Waals surface area contributed by atoms with E-state index in [1.54, 1.807) is 0 Å². The second kappa shape index (κ2) is 4.85. The summed E-state index contributed by atoms with van der Waals surface area (Å²) >= 11 is 0. The van der Waals surface area contributed by atoms with E-state index in [2.05, 4.69) is 63.1 Å². The van der Waals surface area contributed by atoms with E-state index in [1.807, 2.05) is 0 Å². The van der Waals surface area contributed by atoms with Crippen molar-refractivity contribution in [1.29, 1.82) is 0 Å². The first-order valence-electron chi connectivity index (χ1n) is 5.05. The van der Waals surface area contributed by atoms with Crippen LogP contribution in [0.3, 0.4) is 0 Å². The summed E-state index contributed by atoms with van der Waals surface area (Å²) in [6.07, 6.45) is 4.26. The normalized spacial score (nSPS) is 10.9. The van der Waals surface area contributed by atoms with Crippen molar-refractivity contribution in [1.82, 2.24) is 0 Å². The maximum atomic E-state index is 2.28. The zero-order valence-corrected chi connectivity index (χ0v) is 9.54. The standard InChI is InChI=1S/C13H19N/c1-5-6-10-14(4)13-11(2)8-7-9-12(13)3/h5-9H,10H2,1-4H3/b6-5+. The van der Waals surface area contributed by atoms with Crippen LogP contribution in [-0.2, 0) is 0 Å². The molecule has 0 saturated heterocycles. The Morgan fingerprint density at radius 1 is 1.21 bits per heavy atom. The first-order valence-corrected chi connectivity index (χ1v) is 5.05. The van der Waals surface area contributed by atoms with Crippen LogP contribution in [0.2, 0.25) is 0 Å². The molecule has 1 aromatic rings. The summed E-state index contributed by atoms with van der Waals surface area (Å²) in [4.78, 5) is 2.28. The number of likely N-dealkylation sites (N-methyl/N-ethyl adjacent to an activating group) is 1. The third-order valence-corrected chi connectivity index (χ3v) is 2.44. The lowest BCUT2D eigenvalue weighted by Crippen LogP contribution is -2.18. The molecule has 1 rings (SSSR count). The molecule has 14 heavy (non-hydrogen) atoms. The summed E-state index contributed by atoms with van der Waals surface area (Å²) in [6, 6.07) is 6.43. The zero-order valence-electron chi connectivity index (χ0n) is 9.54. The molecule has 76 valence electrons. The van der Waals surface area contributed by atoms with Gasteiger partial charge in [0.1, 0.15) is 0 Å². The first-order chi connectivity index (χ1) is 6.66. The van der Waals surface area contributed by atoms with Crippen molar-refractivity contribution in [2.75, 3.05) is 18.5 Å². The van der Waals surface area contributed by atoms with Crippen molar-refractivity contribution in [3.8, 4) is 0 Å². The van der Waals surface area contributed by atoms with Crippen molar-refractivity contribution in [2.45, 2.75) is 20.8 Å². The van der Waals surface area contributed by atoms with E-state index in [0.717, 1.165) is 6.54 Å². The second-order valence-corrected chi connectivity index (χ2v) is 3.69. The molecule has 1 heteroatoms. The van der Waals surface area contributed by atoms with Crippen LogP contribution >= 0.6 is 0 Å². The Bertz CT molecular complexity index is 306. The molecule has 0 aromatic heterocycles. The number of allylic oxidation sites excluding steroid dienone is 1. The average molecular weight is 189 g/mol. The molecular formula is C13H19N. The number of para-hydroxylation sites is 1. The lowest BCUT2D eigenvalue weighted by Gasteiger charge is -2.22. The van der Waals surface area contributed by atoms with Gasteiger partial charge in [-0.1, -0.05) is 30.4 Å². The van der Waals surface area contributed by atoms with Gasteiger partial charge in [-0.25, -0.2) is 0 Å².